The summed E-state index contributed by atoms with van der Waals surface area (Å²) in [4.78, 5) is 25.5. The molecule has 1 fully saturated rings. The molecule has 1 unspecified atom stereocenters. The van der Waals surface area contributed by atoms with E-state index in [9.17, 15) is 28.6 Å². The Hall–Kier alpha value is -3.22. The molecule has 3 aromatic rings. The van der Waals surface area contributed by atoms with Gasteiger partial charge in [0.05, 0.1) is 11.4 Å². The molecule has 1 heterocycles. The third-order valence-corrected chi connectivity index (χ3v) is 6.05. The molecule has 156 valence electrons. The fraction of sp³-hybridized carbons (Fsp3) is 0.304. The van der Waals surface area contributed by atoms with Crippen molar-refractivity contribution in [2.24, 2.45) is 5.92 Å². The van der Waals surface area contributed by atoms with Crippen molar-refractivity contribution in [1.29, 1.82) is 0 Å². The van der Waals surface area contributed by atoms with Gasteiger partial charge in [0, 0.05) is 16.6 Å². The predicted molar refractivity (Wildman–Crippen MR) is 107 cm³/mol. The largest absolute Gasteiger partial charge is 0.508 e. The van der Waals surface area contributed by atoms with Crippen molar-refractivity contribution in [2.75, 3.05) is 0 Å². The molecular weight excluding hydrogens is 392 g/mol. The maximum Gasteiger partial charge on any atom is 0.311 e. The first-order chi connectivity index (χ1) is 14.3. The summed E-state index contributed by atoms with van der Waals surface area (Å²) in [6.45, 7) is 1.65. The highest BCUT2D eigenvalue weighted by Gasteiger charge is 2.36. The quantitative estimate of drug-likeness (QED) is 0.632. The topological polar surface area (TPSA) is 79.5 Å². The second-order valence-corrected chi connectivity index (χ2v) is 7.83. The molecule has 0 bridgehead atoms. The van der Waals surface area contributed by atoms with Crippen molar-refractivity contribution in [3.05, 3.63) is 64.9 Å². The molecule has 1 aromatic heterocycles. The Kier molecular flexibility index (Phi) is 5.05. The van der Waals surface area contributed by atoms with Crippen molar-refractivity contribution in [2.45, 2.75) is 38.5 Å². The van der Waals surface area contributed by atoms with E-state index in [1.807, 2.05) is 0 Å². The number of aliphatic carboxylic acids is 1. The number of phenols is 1. The standard InChI is InChI=1S/C23H21F2NO4/c1-12-20(21(23(29)30)13-4-2-3-5-13)16-11-15(27)7-9-19(16)26(12)22(28)14-6-8-17(24)18(25)10-14/h6-11,13,21,27H,2-5H2,1H3,(H,29,30). The average molecular weight is 413 g/mol. The monoisotopic (exact) mass is 413 g/mol. The van der Waals surface area contributed by atoms with E-state index in [0.29, 0.717) is 22.2 Å². The van der Waals surface area contributed by atoms with Crippen molar-refractivity contribution in [3.8, 4) is 5.75 Å². The van der Waals surface area contributed by atoms with Gasteiger partial charge >= 0.3 is 5.97 Å². The average Bonchev–Trinajstić information content (AvgIpc) is 3.31. The number of aromatic hydroxyl groups is 1. The van der Waals surface area contributed by atoms with E-state index >= 15 is 0 Å². The van der Waals surface area contributed by atoms with Crippen LogP contribution in [0.5, 0.6) is 5.75 Å². The van der Waals surface area contributed by atoms with Crippen LogP contribution in [0.4, 0.5) is 8.78 Å². The Morgan fingerprint density at radius 2 is 1.77 bits per heavy atom. The van der Waals surface area contributed by atoms with Crippen LogP contribution in [-0.4, -0.2) is 26.7 Å². The van der Waals surface area contributed by atoms with Crippen molar-refractivity contribution < 1.29 is 28.6 Å². The second kappa shape index (κ2) is 7.55. The number of fused-ring (bicyclic) bond motifs is 1. The van der Waals surface area contributed by atoms with Crippen LogP contribution in [0.2, 0.25) is 0 Å². The van der Waals surface area contributed by atoms with Crippen molar-refractivity contribution in [1.82, 2.24) is 4.57 Å². The SMILES string of the molecule is Cc1c(C(C(=O)O)C2CCCC2)c2cc(O)ccc2n1C(=O)c1ccc(F)c(F)c1. The van der Waals surface area contributed by atoms with Gasteiger partial charge in [-0.3, -0.25) is 14.2 Å². The van der Waals surface area contributed by atoms with Gasteiger partial charge < -0.3 is 10.2 Å². The third kappa shape index (κ3) is 3.24. The lowest BCUT2D eigenvalue weighted by atomic mass is 9.83. The minimum atomic E-state index is -1.14. The van der Waals surface area contributed by atoms with E-state index in [1.165, 1.54) is 28.8 Å². The van der Waals surface area contributed by atoms with Crippen molar-refractivity contribution in [3.63, 3.8) is 0 Å². The Balaban J connectivity index is 1.95. The number of aromatic nitrogens is 1. The second-order valence-electron chi connectivity index (χ2n) is 7.83. The first-order valence-electron chi connectivity index (χ1n) is 9.86. The fourth-order valence-corrected chi connectivity index (χ4v) is 4.69. The molecule has 0 radical (unpaired) electrons. The summed E-state index contributed by atoms with van der Waals surface area (Å²) in [5, 5.41) is 20.5. The van der Waals surface area contributed by atoms with Crippen LogP contribution in [0, 0.1) is 24.5 Å². The molecule has 4 rings (SSSR count). The van der Waals surface area contributed by atoms with Gasteiger partial charge in [0.25, 0.3) is 5.91 Å². The molecule has 1 saturated carbocycles. The number of carbonyl (C=O) groups excluding carboxylic acids is 1. The molecule has 0 amide bonds. The minimum absolute atomic E-state index is 0.0447. The van der Waals surface area contributed by atoms with Gasteiger partial charge in [-0.15, -0.1) is 0 Å². The predicted octanol–water partition coefficient (Wildman–Crippen LogP) is 4.98. The highest BCUT2D eigenvalue weighted by Crippen LogP contribution is 2.43. The maximum absolute atomic E-state index is 13.7. The zero-order valence-corrected chi connectivity index (χ0v) is 16.4. The number of carbonyl (C=O) groups is 2. The normalized spacial score (nSPS) is 15.6. The zero-order chi connectivity index (χ0) is 21.6. The van der Waals surface area contributed by atoms with E-state index in [0.717, 1.165) is 37.8 Å². The lowest BCUT2D eigenvalue weighted by Crippen LogP contribution is -2.21. The van der Waals surface area contributed by atoms with Crippen LogP contribution in [0.1, 0.15) is 53.2 Å². The van der Waals surface area contributed by atoms with Gasteiger partial charge in [0.15, 0.2) is 11.6 Å². The van der Waals surface area contributed by atoms with Gasteiger partial charge in [-0.05, 0) is 67.6 Å². The highest BCUT2D eigenvalue weighted by molar-refractivity contribution is 6.05. The Morgan fingerprint density at radius 1 is 1.07 bits per heavy atom. The number of carboxylic acid groups (broad SMARTS) is 1. The lowest BCUT2D eigenvalue weighted by molar-refractivity contribution is -0.140. The summed E-state index contributed by atoms with van der Waals surface area (Å²) in [7, 11) is 0. The van der Waals surface area contributed by atoms with E-state index in [1.54, 1.807) is 6.92 Å². The summed E-state index contributed by atoms with van der Waals surface area (Å²) in [5.41, 5.74) is 1.27. The van der Waals surface area contributed by atoms with E-state index in [4.69, 9.17) is 0 Å². The van der Waals surface area contributed by atoms with E-state index in [2.05, 4.69) is 0 Å². The molecule has 30 heavy (non-hydrogen) atoms. The number of halogens is 2. The van der Waals surface area contributed by atoms with Gasteiger partial charge in [0.2, 0.25) is 0 Å². The summed E-state index contributed by atoms with van der Waals surface area (Å²) in [6, 6.07) is 7.30. The summed E-state index contributed by atoms with van der Waals surface area (Å²) in [5.74, 6) is -4.70. The van der Waals surface area contributed by atoms with E-state index < -0.39 is 29.4 Å². The molecule has 1 atom stereocenters. The number of hydrogen-bond acceptors (Lipinski definition) is 3. The van der Waals surface area contributed by atoms with Crippen LogP contribution in [-0.2, 0) is 4.79 Å². The maximum atomic E-state index is 13.7. The van der Waals surface area contributed by atoms with Crippen LogP contribution in [0.25, 0.3) is 10.9 Å². The van der Waals surface area contributed by atoms with E-state index in [-0.39, 0.29) is 17.2 Å². The third-order valence-electron chi connectivity index (χ3n) is 6.05. The molecule has 0 aliphatic heterocycles. The Morgan fingerprint density at radius 3 is 2.40 bits per heavy atom. The van der Waals surface area contributed by atoms with Crippen molar-refractivity contribution >= 4 is 22.8 Å². The number of hydrogen-bond donors (Lipinski definition) is 2. The number of nitrogens with zero attached hydrogens (tertiary/aromatic N) is 1. The smallest absolute Gasteiger partial charge is 0.311 e. The Bertz CT molecular complexity index is 1160. The Labute approximate surface area is 171 Å². The lowest BCUT2D eigenvalue weighted by Gasteiger charge is -2.20. The summed E-state index contributed by atoms with van der Waals surface area (Å²) < 4.78 is 28.4. The first kappa shape index (κ1) is 20.1. The fourth-order valence-electron chi connectivity index (χ4n) is 4.69. The van der Waals surface area contributed by atoms with Crippen LogP contribution in [0.15, 0.2) is 36.4 Å². The van der Waals surface area contributed by atoms with Crippen LogP contribution in [0.3, 0.4) is 0 Å². The van der Waals surface area contributed by atoms with Crippen LogP contribution >= 0.6 is 0 Å². The molecule has 5 nitrogen and oxygen atoms in total. The van der Waals surface area contributed by atoms with Gasteiger partial charge in [-0.25, -0.2) is 8.78 Å². The molecular formula is C23H21F2NO4. The number of carboxylic acids is 1. The van der Waals surface area contributed by atoms with Crippen LogP contribution < -0.4 is 0 Å². The zero-order valence-electron chi connectivity index (χ0n) is 16.4. The van der Waals surface area contributed by atoms with Gasteiger partial charge in [-0.2, -0.15) is 0 Å². The summed E-state index contributed by atoms with van der Waals surface area (Å²) in [6.07, 6.45) is 3.45. The minimum Gasteiger partial charge on any atom is -0.508 e. The first-order valence-corrected chi connectivity index (χ1v) is 9.86. The number of rotatable bonds is 4. The molecule has 2 aromatic carbocycles. The summed E-state index contributed by atoms with van der Waals surface area (Å²) >= 11 is 0. The molecule has 0 spiro atoms. The van der Waals surface area contributed by atoms with Gasteiger partial charge in [-0.1, -0.05) is 12.8 Å². The number of phenolic OH excluding ortho intramolecular Hbond substituents is 1. The highest BCUT2D eigenvalue weighted by atomic mass is 19.2. The molecule has 7 heteroatoms. The molecule has 1 aliphatic rings. The molecule has 2 N–H and O–H groups in total. The molecule has 1 aliphatic carbocycles. The van der Waals surface area contributed by atoms with Gasteiger partial charge in [0.1, 0.15) is 5.75 Å². The molecule has 0 saturated heterocycles. The number of benzene rings is 2.